The van der Waals surface area contributed by atoms with Gasteiger partial charge >= 0.3 is 0 Å². The van der Waals surface area contributed by atoms with Crippen molar-refractivity contribution >= 4 is 0 Å². The molecular weight excluding hydrogens is 228 g/mol. The molecule has 98 valence electrons. The smallest absolute Gasteiger partial charge is 0.0916 e. The fourth-order valence-electron chi connectivity index (χ4n) is 1.75. The molecule has 1 rings (SSSR count). The van der Waals surface area contributed by atoms with E-state index in [-0.39, 0.29) is 0 Å². The fourth-order valence-corrected chi connectivity index (χ4v) is 1.75. The number of nitrogens with zero attached hydrogens (tertiary/aromatic N) is 2. The van der Waals surface area contributed by atoms with Crippen LogP contribution in [0, 0.1) is 11.3 Å². The van der Waals surface area contributed by atoms with Gasteiger partial charge in [0, 0.05) is 33.2 Å². The zero-order valence-corrected chi connectivity index (χ0v) is 10.7. The Labute approximate surface area is 108 Å². The lowest BCUT2D eigenvalue weighted by molar-refractivity contribution is 0.0902. The summed E-state index contributed by atoms with van der Waals surface area (Å²) in [5.41, 5.74) is 0.900. The summed E-state index contributed by atoms with van der Waals surface area (Å²) >= 11 is 0. The van der Waals surface area contributed by atoms with Crippen LogP contribution in [-0.4, -0.2) is 43.4 Å². The van der Waals surface area contributed by atoms with E-state index in [0.717, 1.165) is 12.1 Å². The summed E-state index contributed by atoms with van der Waals surface area (Å²) in [7, 11) is 1.65. The van der Waals surface area contributed by atoms with Crippen LogP contribution in [0.4, 0.5) is 0 Å². The number of rotatable bonds is 8. The van der Waals surface area contributed by atoms with Crippen molar-refractivity contribution in [1.29, 1.82) is 5.26 Å². The summed E-state index contributed by atoms with van der Waals surface area (Å²) in [6, 6.07) is 11.7. The first-order valence-corrected chi connectivity index (χ1v) is 6.09. The summed E-state index contributed by atoms with van der Waals surface area (Å²) in [4.78, 5) is 2.05. The van der Waals surface area contributed by atoms with Crippen molar-refractivity contribution in [3.05, 3.63) is 35.9 Å². The Bertz CT molecular complexity index is 362. The first-order chi connectivity index (χ1) is 8.77. The van der Waals surface area contributed by atoms with Gasteiger partial charge in [0.05, 0.1) is 18.8 Å². The predicted molar refractivity (Wildman–Crippen MR) is 69.9 cm³/mol. The minimum absolute atomic E-state index is 0.464. The van der Waals surface area contributed by atoms with E-state index in [1.807, 2.05) is 35.2 Å². The number of aliphatic hydroxyl groups excluding tert-OH is 1. The van der Waals surface area contributed by atoms with E-state index in [9.17, 15) is 5.11 Å². The van der Waals surface area contributed by atoms with E-state index in [1.165, 1.54) is 0 Å². The summed E-state index contributed by atoms with van der Waals surface area (Å²) in [6.45, 7) is 2.51. The molecule has 0 amide bonds. The van der Waals surface area contributed by atoms with E-state index in [2.05, 4.69) is 6.07 Å². The average molecular weight is 248 g/mol. The van der Waals surface area contributed by atoms with Gasteiger partial charge in [0.1, 0.15) is 0 Å². The monoisotopic (exact) mass is 248 g/mol. The van der Waals surface area contributed by atoms with Gasteiger partial charge < -0.3 is 9.84 Å². The number of methoxy groups -OCH3 is 1. The number of benzene rings is 1. The van der Waals surface area contributed by atoms with Gasteiger partial charge in [-0.05, 0) is 5.56 Å². The maximum absolute atomic E-state index is 10.1. The summed E-state index contributed by atoms with van der Waals surface area (Å²) in [5.74, 6) is 0. The highest BCUT2D eigenvalue weighted by Gasteiger charge is 2.12. The first kappa shape index (κ1) is 14.7. The Hall–Kier alpha value is -1.41. The van der Waals surface area contributed by atoms with E-state index in [1.54, 1.807) is 7.11 Å². The van der Waals surface area contributed by atoms with Gasteiger partial charge in [0.25, 0.3) is 0 Å². The topological polar surface area (TPSA) is 56.5 Å². The first-order valence-electron chi connectivity index (χ1n) is 6.09. The van der Waals surface area contributed by atoms with Crippen molar-refractivity contribution in [2.75, 3.05) is 33.4 Å². The maximum Gasteiger partial charge on any atom is 0.0916 e. The molecule has 0 fully saturated rings. The Morgan fingerprint density at radius 1 is 1.33 bits per heavy atom. The van der Waals surface area contributed by atoms with Crippen molar-refractivity contribution in [3.8, 4) is 6.07 Å². The molecule has 1 atom stereocenters. The molecule has 4 nitrogen and oxygen atoms in total. The molecule has 0 saturated heterocycles. The second kappa shape index (κ2) is 8.65. The molecule has 1 unspecified atom stereocenters. The highest BCUT2D eigenvalue weighted by Crippen LogP contribution is 2.13. The highest BCUT2D eigenvalue weighted by molar-refractivity contribution is 5.17. The lowest BCUT2D eigenvalue weighted by Gasteiger charge is -2.24. The van der Waals surface area contributed by atoms with Crippen LogP contribution in [0.5, 0.6) is 0 Å². The van der Waals surface area contributed by atoms with E-state index >= 15 is 0 Å². The average Bonchev–Trinajstić information content (AvgIpc) is 2.42. The molecule has 1 aromatic rings. The lowest BCUT2D eigenvalue weighted by atomic mass is 10.1. The second-order valence-corrected chi connectivity index (χ2v) is 4.13. The van der Waals surface area contributed by atoms with Crippen LogP contribution in [-0.2, 0) is 4.74 Å². The number of aliphatic hydroxyl groups is 1. The number of ether oxygens (including phenoxy) is 1. The molecule has 1 N–H and O–H groups in total. The van der Waals surface area contributed by atoms with Crippen molar-refractivity contribution in [3.63, 3.8) is 0 Å². The molecule has 0 aliphatic heterocycles. The SMILES string of the molecule is COCCN(CCC#N)CC(O)c1ccccc1. The van der Waals surface area contributed by atoms with Crippen molar-refractivity contribution < 1.29 is 9.84 Å². The van der Waals surface area contributed by atoms with Crippen LogP contribution < -0.4 is 0 Å². The molecule has 4 heteroatoms. The van der Waals surface area contributed by atoms with E-state index in [0.29, 0.717) is 26.1 Å². The van der Waals surface area contributed by atoms with Crippen molar-refractivity contribution in [2.24, 2.45) is 0 Å². The molecule has 0 aliphatic carbocycles. The molecule has 0 saturated carbocycles. The maximum atomic E-state index is 10.1. The normalized spacial score (nSPS) is 12.3. The third kappa shape index (κ3) is 5.28. The van der Waals surface area contributed by atoms with Crippen LogP contribution in [0.1, 0.15) is 18.1 Å². The second-order valence-electron chi connectivity index (χ2n) is 4.13. The fraction of sp³-hybridized carbons (Fsp3) is 0.500. The van der Waals surface area contributed by atoms with Crippen LogP contribution in [0.15, 0.2) is 30.3 Å². The predicted octanol–water partition coefficient (Wildman–Crippen LogP) is 1.58. The molecule has 0 heterocycles. The van der Waals surface area contributed by atoms with Crippen LogP contribution in [0.2, 0.25) is 0 Å². The van der Waals surface area contributed by atoms with Crippen molar-refractivity contribution in [1.82, 2.24) is 4.90 Å². The Kier molecular flexibility index (Phi) is 7.04. The molecule has 0 bridgehead atoms. The molecular formula is C14H20N2O2. The molecule has 0 aliphatic rings. The van der Waals surface area contributed by atoms with Gasteiger partial charge in [-0.3, -0.25) is 4.90 Å². The van der Waals surface area contributed by atoms with Gasteiger partial charge in [0.15, 0.2) is 0 Å². The summed E-state index contributed by atoms with van der Waals surface area (Å²) < 4.78 is 5.03. The zero-order valence-electron chi connectivity index (χ0n) is 10.7. The lowest BCUT2D eigenvalue weighted by Crippen LogP contribution is -2.32. The van der Waals surface area contributed by atoms with Gasteiger partial charge in [-0.1, -0.05) is 30.3 Å². The Morgan fingerprint density at radius 2 is 2.06 bits per heavy atom. The molecule has 18 heavy (non-hydrogen) atoms. The minimum atomic E-state index is -0.526. The van der Waals surface area contributed by atoms with Crippen molar-refractivity contribution in [2.45, 2.75) is 12.5 Å². The summed E-state index contributed by atoms with van der Waals surface area (Å²) in [5, 5.41) is 18.7. The number of hydrogen-bond acceptors (Lipinski definition) is 4. The third-order valence-corrected chi connectivity index (χ3v) is 2.77. The van der Waals surface area contributed by atoms with E-state index in [4.69, 9.17) is 10.00 Å². The minimum Gasteiger partial charge on any atom is -0.387 e. The molecule has 0 aromatic heterocycles. The van der Waals surface area contributed by atoms with Crippen LogP contribution >= 0.6 is 0 Å². The quantitative estimate of drug-likeness (QED) is 0.759. The van der Waals surface area contributed by atoms with Crippen LogP contribution in [0.3, 0.4) is 0 Å². The molecule has 0 radical (unpaired) electrons. The van der Waals surface area contributed by atoms with Gasteiger partial charge in [-0.25, -0.2) is 0 Å². The van der Waals surface area contributed by atoms with E-state index < -0.39 is 6.10 Å². The molecule has 1 aromatic carbocycles. The standard InChI is InChI=1S/C14H20N2O2/c1-18-11-10-16(9-5-8-15)12-14(17)13-6-3-2-4-7-13/h2-4,6-7,14,17H,5,9-12H2,1H3. The van der Waals surface area contributed by atoms with Gasteiger partial charge in [0.2, 0.25) is 0 Å². The number of nitriles is 1. The van der Waals surface area contributed by atoms with Gasteiger partial charge in [-0.15, -0.1) is 0 Å². The summed E-state index contributed by atoms with van der Waals surface area (Å²) in [6.07, 6.45) is -0.0626. The third-order valence-electron chi connectivity index (χ3n) is 2.77. The number of hydrogen-bond donors (Lipinski definition) is 1. The van der Waals surface area contributed by atoms with Gasteiger partial charge in [-0.2, -0.15) is 5.26 Å². The Morgan fingerprint density at radius 3 is 2.67 bits per heavy atom. The van der Waals surface area contributed by atoms with Crippen LogP contribution in [0.25, 0.3) is 0 Å². The molecule has 0 spiro atoms. The zero-order chi connectivity index (χ0) is 13.2. The largest absolute Gasteiger partial charge is 0.387 e. The highest BCUT2D eigenvalue weighted by atomic mass is 16.5. The Balaban J connectivity index is 2.51.